The number of halogens is 6. The van der Waals surface area contributed by atoms with Gasteiger partial charge in [0, 0.05) is 49.0 Å². The number of nitrogen functional groups attached to an aromatic ring is 1. The number of nitrogens with two attached hydrogens (primary N) is 2. The summed E-state index contributed by atoms with van der Waals surface area (Å²) in [6.07, 6.45) is 0.355. The summed E-state index contributed by atoms with van der Waals surface area (Å²) in [7, 11) is 6.37. The van der Waals surface area contributed by atoms with Crippen molar-refractivity contribution in [3.05, 3.63) is 139 Å². The van der Waals surface area contributed by atoms with Crippen molar-refractivity contribution in [2.24, 2.45) is 5.73 Å². The molecular formula is C63H72F6N12O13S5. The molecule has 534 valence electrons. The average Bonchev–Trinajstić information content (AvgIpc) is 1.75. The summed E-state index contributed by atoms with van der Waals surface area (Å²) in [4.78, 5) is 97.2. The molecule has 8 N–H and O–H groups in total. The SMILES string of the molecule is CC[C@H]1O[C@@H](n2cc(C#CCN)c(N)nc2=O)C[C@H]1OCSSC.CC[C@H]1O[C@@H](n2cc(C#CCNC(=O)C(F)(F)F)c(NC(=O)c3ccccc3)nc2=O)C[C@H]1OCSC.CC[C@H]1O[C@@H](n2cc(C#CCNC(=O)C(F)(F)F)c(NC(=O)c3ccccc3)nc2=O)C[C@H]1OCSSC. The largest absolute Gasteiger partial charge is 0.471 e. The highest BCUT2D eigenvalue weighted by atomic mass is 33.1. The van der Waals surface area contributed by atoms with E-state index in [0.29, 0.717) is 66.6 Å². The molecule has 8 rings (SSSR count). The number of carbonyl (C=O) groups excluding carboxylic acids is 4. The average molecular weight is 1480 g/mol. The number of aromatic nitrogens is 6. The molecule has 3 aliphatic heterocycles. The number of benzene rings is 2. The molecule has 3 fully saturated rings. The maximum absolute atomic E-state index is 12.9. The van der Waals surface area contributed by atoms with Crippen molar-refractivity contribution < 1.29 is 73.9 Å². The topological polar surface area (TPSA) is 328 Å². The minimum atomic E-state index is -5.05. The van der Waals surface area contributed by atoms with Gasteiger partial charge in [-0.1, -0.05) is 136 Å². The highest BCUT2D eigenvalue weighted by Gasteiger charge is 2.41. The third-order valence-electron chi connectivity index (χ3n) is 14.4. The number of thioether (sulfide) groups is 1. The molecule has 36 heteroatoms. The standard InChI is InChI=1S/C24H25F3N4O5S2.C24H25F3N4O5S.C15H22N4O3S2/c1-3-17-18(35-14-38-37-2)12-19(36-17)31-13-16(10-7-11-28-22(33)24(25,26)27)20(30-23(31)34)29-21(32)15-8-5-4-6-9-15;1-3-17-18(35-14-37-2)12-19(36-17)31-13-16(10-7-11-28-22(33)24(25,26)27)20(30-23(31)34)29-21(32)15-8-5-4-6-9-15;1-3-11-12(21-9-24-23-2)7-13(22-11)19-8-10(5-4-6-16)14(17)18-15(19)20/h4-6,8-9,13,17-19H,3,11-12,14H2,1-2H3,(H,28,33)(H,29,30,32,34);4-6,8-9,13,17-19H,3,11-12,14H2,1-2H3,(H,28,33)(H,29,30,32,34);8,11-13H,3,6-7,9,16H2,1-2H3,(H2,17,18,20)/t2*17-,18-,19-;11-,12-,13-/m111/s1. The Hall–Kier alpha value is -7.51. The zero-order valence-electron chi connectivity index (χ0n) is 54.1. The normalized spacial score (nSPS) is 20.0. The van der Waals surface area contributed by atoms with Gasteiger partial charge in [-0.2, -0.15) is 41.3 Å². The van der Waals surface area contributed by atoms with Crippen molar-refractivity contribution in [3.8, 4) is 35.5 Å². The Labute approximate surface area is 585 Å². The fraction of sp³-hybridized carbons (Fsp3) is 0.460. The molecule has 3 aliphatic rings. The van der Waals surface area contributed by atoms with Gasteiger partial charge in [-0.3, -0.25) is 32.9 Å². The number of amides is 4. The summed E-state index contributed by atoms with van der Waals surface area (Å²) in [5.74, 6) is 11.3. The molecule has 0 aliphatic carbocycles. The molecule has 2 aromatic carbocycles. The van der Waals surface area contributed by atoms with Crippen LogP contribution in [0.25, 0.3) is 0 Å². The van der Waals surface area contributed by atoms with E-state index in [1.807, 2.05) is 39.5 Å². The maximum Gasteiger partial charge on any atom is 0.471 e. The number of nitrogens with one attached hydrogen (secondary N) is 4. The van der Waals surface area contributed by atoms with Gasteiger partial charge in [0.2, 0.25) is 0 Å². The zero-order valence-corrected chi connectivity index (χ0v) is 58.2. The third-order valence-corrected chi connectivity index (χ3v) is 17.7. The van der Waals surface area contributed by atoms with Gasteiger partial charge in [0.1, 0.15) is 36.4 Å². The molecule has 25 nitrogen and oxygen atoms in total. The maximum atomic E-state index is 12.9. The van der Waals surface area contributed by atoms with Crippen LogP contribution in [0.15, 0.2) is 93.6 Å². The van der Waals surface area contributed by atoms with E-state index >= 15 is 0 Å². The fourth-order valence-corrected chi connectivity index (χ4v) is 11.5. The predicted octanol–water partition coefficient (Wildman–Crippen LogP) is 7.69. The second-order valence-electron chi connectivity index (χ2n) is 20.9. The Bertz CT molecular complexity index is 3920. The summed E-state index contributed by atoms with van der Waals surface area (Å²) in [5, 5.41) is 8.32. The van der Waals surface area contributed by atoms with E-state index in [0.717, 1.165) is 6.42 Å². The van der Waals surface area contributed by atoms with Gasteiger partial charge in [0.25, 0.3) is 11.8 Å². The lowest BCUT2D eigenvalue weighted by Crippen LogP contribution is -2.36. The van der Waals surface area contributed by atoms with Crippen LogP contribution in [0.2, 0.25) is 0 Å². The molecule has 0 unspecified atom stereocenters. The Morgan fingerprint density at radius 2 is 0.909 bits per heavy atom. The number of carbonyl (C=O) groups is 4. The fourth-order valence-electron chi connectivity index (χ4n) is 9.63. The molecular weight excluding hydrogens is 1410 g/mol. The van der Waals surface area contributed by atoms with Crippen LogP contribution in [0.1, 0.15) is 115 Å². The van der Waals surface area contributed by atoms with Crippen molar-refractivity contribution in [2.45, 2.75) is 127 Å². The first kappa shape index (κ1) is 80.5. The molecule has 0 saturated carbocycles. The summed E-state index contributed by atoms with van der Waals surface area (Å²) < 4.78 is 114. The molecule has 5 aromatic rings. The molecule has 3 saturated heterocycles. The number of hydrogen-bond acceptors (Lipinski definition) is 23. The van der Waals surface area contributed by atoms with Crippen LogP contribution in [0, 0.1) is 35.5 Å². The number of ether oxygens (including phenoxy) is 6. The van der Waals surface area contributed by atoms with E-state index in [-0.39, 0.29) is 71.7 Å². The van der Waals surface area contributed by atoms with Crippen molar-refractivity contribution in [1.29, 1.82) is 0 Å². The van der Waals surface area contributed by atoms with Crippen LogP contribution in [-0.2, 0) is 38.0 Å². The molecule has 3 aromatic heterocycles. The number of alkyl halides is 6. The van der Waals surface area contributed by atoms with Gasteiger partial charge in [0.05, 0.1) is 78.9 Å². The number of anilines is 3. The van der Waals surface area contributed by atoms with Crippen LogP contribution >= 0.6 is 54.9 Å². The van der Waals surface area contributed by atoms with Gasteiger partial charge in [-0.25, -0.2) is 14.4 Å². The molecule has 99 heavy (non-hydrogen) atoms. The Morgan fingerprint density at radius 1 is 0.556 bits per heavy atom. The molecule has 4 amide bonds. The van der Waals surface area contributed by atoms with Crippen LogP contribution in [0.5, 0.6) is 0 Å². The Morgan fingerprint density at radius 3 is 1.25 bits per heavy atom. The molecule has 6 heterocycles. The van der Waals surface area contributed by atoms with Gasteiger partial charge in [0.15, 0.2) is 11.6 Å². The summed E-state index contributed by atoms with van der Waals surface area (Å²) >= 11 is 1.51. The Kier molecular flexibility index (Phi) is 32.6. The van der Waals surface area contributed by atoms with Crippen LogP contribution in [-0.4, -0.2) is 157 Å². The van der Waals surface area contributed by atoms with E-state index < -0.39 is 84.8 Å². The quantitative estimate of drug-likeness (QED) is 0.0120. The summed E-state index contributed by atoms with van der Waals surface area (Å²) in [6.45, 7) is 4.86. The van der Waals surface area contributed by atoms with Gasteiger partial charge in [-0.05, 0) is 62.3 Å². The lowest BCUT2D eigenvalue weighted by molar-refractivity contribution is -0.173. The van der Waals surface area contributed by atoms with Crippen molar-refractivity contribution >= 4 is 96.0 Å². The zero-order chi connectivity index (χ0) is 72.2. The second-order valence-corrected chi connectivity index (χ2v) is 26.7. The number of nitrogens with zero attached hydrogens (tertiary/aromatic N) is 6. The first-order valence-corrected chi connectivity index (χ1v) is 37.1. The van der Waals surface area contributed by atoms with E-state index in [1.54, 1.807) is 110 Å². The highest BCUT2D eigenvalue weighted by Crippen LogP contribution is 2.36. The molecule has 0 bridgehead atoms. The Balaban J connectivity index is 0.000000240. The first-order chi connectivity index (χ1) is 47.4. The minimum Gasteiger partial charge on any atom is -0.382 e. The summed E-state index contributed by atoms with van der Waals surface area (Å²) in [5.41, 5.74) is 10.4. The second kappa shape index (κ2) is 40.1. The first-order valence-electron chi connectivity index (χ1n) is 30.2. The van der Waals surface area contributed by atoms with Crippen molar-refractivity contribution in [2.75, 3.05) is 72.6 Å². The van der Waals surface area contributed by atoms with E-state index in [1.165, 1.54) is 48.7 Å². The van der Waals surface area contributed by atoms with Crippen LogP contribution in [0.3, 0.4) is 0 Å². The van der Waals surface area contributed by atoms with Crippen molar-refractivity contribution in [3.63, 3.8) is 0 Å². The smallest absolute Gasteiger partial charge is 0.382 e. The number of rotatable bonds is 23. The monoisotopic (exact) mass is 1480 g/mol. The molecule has 9 atom stereocenters. The predicted molar refractivity (Wildman–Crippen MR) is 368 cm³/mol. The van der Waals surface area contributed by atoms with Crippen molar-refractivity contribution in [1.82, 2.24) is 39.3 Å². The van der Waals surface area contributed by atoms with E-state index in [9.17, 15) is 59.9 Å². The highest BCUT2D eigenvalue weighted by molar-refractivity contribution is 8.76. The van der Waals surface area contributed by atoms with Gasteiger partial charge < -0.3 is 61.2 Å². The van der Waals surface area contributed by atoms with Gasteiger partial charge in [-0.15, -0.1) is 11.8 Å². The van der Waals surface area contributed by atoms with Gasteiger partial charge >= 0.3 is 41.2 Å². The third kappa shape index (κ3) is 24.4. The summed E-state index contributed by atoms with van der Waals surface area (Å²) in [6, 6.07) is 16.3. The molecule has 0 radical (unpaired) electrons. The van der Waals surface area contributed by atoms with E-state index in [2.05, 4.69) is 61.1 Å². The van der Waals surface area contributed by atoms with Crippen LogP contribution in [0.4, 0.5) is 43.8 Å². The van der Waals surface area contributed by atoms with Crippen LogP contribution < -0.4 is 49.8 Å². The number of hydrogen-bond donors (Lipinski definition) is 6. The minimum absolute atomic E-state index is 0.0501. The lowest BCUT2D eigenvalue weighted by atomic mass is 10.1. The lowest BCUT2D eigenvalue weighted by Gasteiger charge is -2.17. The molecule has 0 spiro atoms. The van der Waals surface area contributed by atoms with E-state index in [4.69, 9.17) is 39.9 Å².